The number of nitrogens with zero attached hydrogens (tertiary/aromatic N) is 3. The van der Waals surface area contributed by atoms with Crippen molar-refractivity contribution in [2.24, 2.45) is 4.99 Å². The number of halogens is 1. The summed E-state index contributed by atoms with van der Waals surface area (Å²) in [4.78, 5) is 33.6. The third-order valence-corrected chi connectivity index (χ3v) is 10.1. The zero-order chi connectivity index (χ0) is 37.2. The molecule has 2 N–H and O–H groups in total. The summed E-state index contributed by atoms with van der Waals surface area (Å²) in [5.74, 6) is -1.38. The van der Waals surface area contributed by atoms with Gasteiger partial charge in [0.15, 0.2) is 6.04 Å². The molecule has 0 aromatic heterocycles. The number of carboxylic acids is 1. The van der Waals surface area contributed by atoms with E-state index in [1.54, 1.807) is 30.3 Å². The molecule has 0 saturated heterocycles. The quantitative estimate of drug-likeness (QED) is 0.112. The number of benzene rings is 7. The standard InChI is InChI=1S/C46H36ClN3O4.Ni/c47-35-20-23-40(39(25-35)45(32-10-2-1-3-11-32)49-41(46(53)54)24-29-14-21-36(51)22-15-29)48-42(52)28-50-26-33-18-16-30-8-4-6-12-37(30)43(33)44-34(27-50)19-17-31-9-5-7-13-38(31)44;/h1-23,25,41H,24,26-28H2,(H3,48,49,51,52,53,54);/q;+2/p-1/t41-;/m1./s1. The van der Waals surface area contributed by atoms with E-state index in [0.29, 0.717) is 46.2 Å². The maximum atomic E-state index is 14.0. The summed E-state index contributed by atoms with van der Waals surface area (Å²) in [5, 5.41) is 29.8. The Morgan fingerprint density at radius 3 is 1.91 bits per heavy atom. The molecule has 0 spiro atoms. The molecule has 7 aromatic carbocycles. The summed E-state index contributed by atoms with van der Waals surface area (Å²) in [6.07, 6.45) is 0.0837. The molecule has 0 aliphatic carbocycles. The minimum Gasteiger partial charge on any atom is -0.625 e. The molecular weight excluding hydrogens is 753 g/mol. The van der Waals surface area contributed by atoms with Gasteiger partial charge in [0.1, 0.15) is 5.75 Å². The third-order valence-electron chi connectivity index (χ3n) is 9.87. The van der Waals surface area contributed by atoms with Gasteiger partial charge in [-0.3, -0.25) is 9.89 Å². The van der Waals surface area contributed by atoms with Crippen molar-refractivity contribution in [3.05, 3.63) is 184 Å². The molecule has 0 bridgehead atoms. The SMILES string of the molecule is O=C(CN1Cc2ccc3ccccc3c2-c2c(ccc3ccccc23)C1)[N-]c1ccc(Cl)cc1C(=N[C@H](Cc1ccc(O)cc1)C(=O)O)c1ccccc1.[Ni+2]. The number of amides is 1. The molecule has 1 aliphatic rings. The number of hydrogen-bond acceptors (Lipinski definition) is 5. The number of carbonyl (C=O) groups is 2. The van der Waals surface area contributed by atoms with Gasteiger partial charge in [-0.05, 0) is 79.2 Å². The van der Waals surface area contributed by atoms with Gasteiger partial charge in [0.2, 0.25) is 0 Å². The predicted octanol–water partition coefficient (Wildman–Crippen LogP) is 10.1. The van der Waals surface area contributed by atoms with E-state index in [9.17, 15) is 19.8 Å². The zero-order valence-corrected chi connectivity index (χ0v) is 31.3. The average molecular weight is 788 g/mol. The second kappa shape index (κ2) is 16.3. The molecule has 1 amide bonds. The Hall–Kier alpha value is -5.79. The van der Waals surface area contributed by atoms with E-state index < -0.39 is 12.0 Å². The Kier molecular flexibility index (Phi) is 11.1. The molecule has 7 aromatic rings. The van der Waals surface area contributed by atoms with Crippen LogP contribution in [0.15, 0.2) is 151 Å². The summed E-state index contributed by atoms with van der Waals surface area (Å²) >= 11 is 6.55. The Balaban J connectivity index is 0.00000465. The maximum absolute atomic E-state index is 14.0. The summed E-state index contributed by atoms with van der Waals surface area (Å²) < 4.78 is 0. The van der Waals surface area contributed by atoms with Gasteiger partial charge in [-0.25, -0.2) is 4.79 Å². The van der Waals surface area contributed by atoms with Crippen LogP contribution in [0.25, 0.3) is 38.0 Å². The molecule has 0 saturated carbocycles. The summed E-state index contributed by atoms with van der Waals surface area (Å²) in [6.45, 7) is 1.15. The summed E-state index contributed by atoms with van der Waals surface area (Å²) in [5.41, 5.74) is 7.15. The van der Waals surface area contributed by atoms with E-state index in [1.165, 1.54) is 34.0 Å². The first-order chi connectivity index (χ1) is 26.3. The zero-order valence-electron chi connectivity index (χ0n) is 29.5. The molecule has 1 atom stereocenters. The third kappa shape index (κ3) is 8.03. The van der Waals surface area contributed by atoms with Crippen molar-refractivity contribution in [3.63, 3.8) is 0 Å². The number of fused-ring (bicyclic) bond motifs is 7. The summed E-state index contributed by atoms with van der Waals surface area (Å²) in [7, 11) is 0. The van der Waals surface area contributed by atoms with E-state index in [0.717, 1.165) is 21.9 Å². The molecule has 7 nitrogen and oxygen atoms in total. The van der Waals surface area contributed by atoms with Crippen LogP contribution < -0.4 is 0 Å². The fraction of sp³-hybridized carbons (Fsp3) is 0.109. The van der Waals surface area contributed by atoms with E-state index in [1.807, 2.05) is 30.3 Å². The second-order valence-electron chi connectivity index (χ2n) is 13.5. The normalized spacial score (nSPS) is 13.3. The number of rotatable bonds is 9. The molecule has 9 heteroatoms. The van der Waals surface area contributed by atoms with Crippen LogP contribution in [0.2, 0.25) is 5.02 Å². The van der Waals surface area contributed by atoms with Gasteiger partial charge in [0.25, 0.3) is 0 Å². The Morgan fingerprint density at radius 1 is 0.727 bits per heavy atom. The van der Waals surface area contributed by atoms with Crippen LogP contribution in [0.3, 0.4) is 0 Å². The van der Waals surface area contributed by atoms with Gasteiger partial charge in [0.05, 0.1) is 11.6 Å². The smallest absolute Gasteiger partial charge is 0.625 e. The summed E-state index contributed by atoms with van der Waals surface area (Å²) in [6, 6.07) is 44.9. The topological polar surface area (TPSA) is 104 Å². The monoisotopic (exact) mass is 786 g/mol. The molecule has 1 heterocycles. The van der Waals surface area contributed by atoms with Gasteiger partial charge < -0.3 is 20.3 Å². The van der Waals surface area contributed by atoms with Gasteiger partial charge in [0, 0.05) is 36.6 Å². The molecule has 274 valence electrons. The first-order valence-electron chi connectivity index (χ1n) is 17.7. The molecule has 0 radical (unpaired) electrons. The van der Waals surface area contributed by atoms with Gasteiger partial charge in [-0.1, -0.05) is 133 Å². The number of aliphatic imine (C=N–C) groups is 1. The fourth-order valence-corrected chi connectivity index (χ4v) is 7.56. The minimum absolute atomic E-state index is 0. The molecule has 0 unspecified atom stereocenters. The van der Waals surface area contributed by atoms with Crippen LogP contribution in [-0.4, -0.2) is 45.3 Å². The number of aliphatic carboxylic acids is 1. The second-order valence-corrected chi connectivity index (χ2v) is 14.0. The molecule has 1 aliphatic heterocycles. The largest absolute Gasteiger partial charge is 2.00 e. The van der Waals surface area contributed by atoms with Crippen molar-refractivity contribution >= 4 is 56.4 Å². The van der Waals surface area contributed by atoms with E-state index in [2.05, 4.69) is 83.0 Å². The fourth-order valence-electron chi connectivity index (χ4n) is 7.39. The first kappa shape index (κ1) is 37.5. The Labute approximate surface area is 333 Å². The van der Waals surface area contributed by atoms with Gasteiger partial charge in [-0.15, -0.1) is 5.69 Å². The molecular formula is C46H35ClN3NiO4+. The van der Waals surface area contributed by atoms with E-state index in [4.69, 9.17) is 16.6 Å². The number of carbonyl (C=O) groups excluding carboxylic acids is 1. The van der Waals surface area contributed by atoms with Crippen molar-refractivity contribution in [1.29, 1.82) is 0 Å². The predicted molar refractivity (Wildman–Crippen MR) is 216 cm³/mol. The van der Waals surface area contributed by atoms with Crippen molar-refractivity contribution < 1.29 is 36.3 Å². The van der Waals surface area contributed by atoms with E-state index in [-0.39, 0.29) is 41.1 Å². The molecule has 0 fully saturated rings. The van der Waals surface area contributed by atoms with Crippen LogP contribution in [0.5, 0.6) is 5.75 Å². The van der Waals surface area contributed by atoms with Crippen LogP contribution in [0, 0.1) is 0 Å². The molecule has 55 heavy (non-hydrogen) atoms. The minimum atomic E-state index is -1.17. The van der Waals surface area contributed by atoms with Gasteiger partial charge in [-0.2, -0.15) is 0 Å². The molecule has 8 rings (SSSR count). The Morgan fingerprint density at radius 2 is 1.31 bits per heavy atom. The van der Waals surface area contributed by atoms with Crippen molar-refractivity contribution in [2.75, 3.05) is 6.54 Å². The number of phenols is 1. The number of hydrogen-bond donors (Lipinski definition) is 2. The van der Waals surface area contributed by atoms with Gasteiger partial charge >= 0.3 is 22.5 Å². The van der Waals surface area contributed by atoms with Crippen LogP contribution in [-0.2, 0) is 45.6 Å². The van der Waals surface area contributed by atoms with Crippen molar-refractivity contribution in [3.8, 4) is 16.9 Å². The van der Waals surface area contributed by atoms with Crippen molar-refractivity contribution in [2.45, 2.75) is 25.6 Å². The first-order valence-corrected chi connectivity index (χ1v) is 18.1. The van der Waals surface area contributed by atoms with Crippen LogP contribution in [0.4, 0.5) is 5.69 Å². The van der Waals surface area contributed by atoms with Crippen molar-refractivity contribution in [1.82, 2.24) is 4.90 Å². The van der Waals surface area contributed by atoms with Crippen LogP contribution >= 0.6 is 11.6 Å². The van der Waals surface area contributed by atoms with E-state index >= 15 is 0 Å². The number of phenolic OH excluding ortho intramolecular Hbond substituents is 1. The number of carboxylic acid groups (broad SMARTS) is 1. The Bertz CT molecular complexity index is 2490. The van der Waals surface area contributed by atoms with Crippen LogP contribution in [0.1, 0.15) is 27.8 Å². The maximum Gasteiger partial charge on any atom is 2.00 e. The average Bonchev–Trinajstić information content (AvgIpc) is 3.35. The number of aromatic hydroxyl groups is 1.